The SMILES string of the molecule is CCCC(C)N(C)C(=O)OCc1c(-c2ccc(O[C@H]3CCC[C@H](C(=O)O)C3)cn2)nnn1CI. The van der Waals surface area contributed by atoms with Gasteiger partial charge in [0.05, 0.1) is 28.5 Å². The molecule has 11 heteroatoms. The minimum absolute atomic E-state index is 0.0337. The number of carbonyl (C=O) groups is 2. The van der Waals surface area contributed by atoms with Gasteiger partial charge in [0, 0.05) is 13.1 Å². The summed E-state index contributed by atoms with van der Waals surface area (Å²) in [6, 6.07) is 3.68. The number of carboxylic acid groups (broad SMARTS) is 1. The summed E-state index contributed by atoms with van der Waals surface area (Å²) < 4.78 is 13.8. The molecule has 1 aliphatic carbocycles. The molecule has 1 aliphatic rings. The van der Waals surface area contributed by atoms with Crippen LogP contribution in [0.15, 0.2) is 18.3 Å². The molecule has 10 nitrogen and oxygen atoms in total. The lowest BCUT2D eigenvalue weighted by Gasteiger charge is -2.27. The fraction of sp³-hybridized carbons (Fsp3) is 0.609. The third-order valence-electron chi connectivity index (χ3n) is 6.20. The highest BCUT2D eigenvalue weighted by molar-refractivity contribution is 14.1. The van der Waals surface area contributed by atoms with Gasteiger partial charge in [0.1, 0.15) is 23.7 Å². The first-order valence-corrected chi connectivity index (χ1v) is 13.1. The molecule has 0 aromatic carbocycles. The van der Waals surface area contributed by atoms with E-state index in [1.165, 1.54) is 0 Å². The van der Waals surface area contributed by atoms with E-state index in [4.69, 9.17) is 9.47 Å². The second-order valence-corrected chi connectivity index (χ2v) is 9.31. The number of carbonyl (C=O) groups excluding carboxylic acids is 1. The second-order valence-electron chi connectivity index (χ2n) is 8.63. The van der Waals surface area contributed by atoms with Gasteiger partial charge in [-0.25, -0.2) is 9.48 Å². The predicted octanol–water partition coefficient (Wildman–Crippen LogP) is 4.51. The maximum absolute atomic E-state index is 12.5. The van der Waals surface area contributed by atoms with Crippen LogP contribution in [0.5, 0.6) is 5.75 Å². The summed E-state index contributed by atoms with van der Waals surface area (Å²) in [4.78, 5) is 29.9. The summed E-state index contributed by atoms with van der Waals surface area (Å²) in [7, 11) is 1.74. The zero-order valence-electron chi connectivity index (χ0n) is 19.8. The van der Waals surface area contributed by atoms with E-state index in [0.717, 1.165) is 25.7 Å². The van der Waals surface area contributed by atoms with Gasteiger partial charge in [-0.3, -0.25) is 9.78 Å². The lowest BCUT2D eigenvalue weighted by atomic mass is 9.87. The predicted molar refractivity (Wildman–Crippen MR) is 134 cm³/mol. The summed E-state index contributed by atoms with van der Waals surface area (Å²) in [5, 5.41) is 17.7. The van der Waals surface area contributed by atoms with Crippen molar-refractivity contribution < 1.29 is 24.2 Å². The van der Waals surface area contributed by atoms with Gasteiger partial charge >= 0.3 is 12.1 Å². The molecule has 2 heterocycles. The lowest BCUT2D eigenvalue weighted by Crippen LogP contribution is -2.35. The monoisotopic (exact) mass is 585 g/mol. The number of aliphatic carboxylic acids is 1. The molecule has 1 amide bonds. The standard InChI is InChI=1S/C23H32IN5O5/c1-4-6-15(2)28(3)23(32)33-13-20-21(26-27-29(20)14-24)19-10-9-18(12-25-19)34-17-8-5-7-16(11-17)22(30)31/h9-10,12,15-17H,4-8,11,13-14H2,1-3H3,(H,30,31)/t15?,16-,17-/m0/s1. The Hall–Kier alpha value is -2.44. The van der Waals surface area contributed by atoms with Crippen LogP contribution in [0.2, 0.25) is 0 Å². The van der Waals surface area contributed by atoms with E-state index in [9.17, 15) is 14.7 Å². The van der Waals surface area contributed by atoms with Gasteiger partial charge in [0.15, 0.2) is 0 Å². The molecular weight excluding hydrogens is 553 g/mol. The highest BCUT2D eigenvalue weighted by Crippen LogP contribution is 2.29. The van der Waals surface area contributed by atoms with Crippen molar-refractivity contribution in [1.82, 2.24) is 24.9 Å². The maximum atomic E-state index is 12.5. The molecule has 1 unspecified atom stereocenters. The fourth-order valence-corrected chi connectivity index (χ4v) is 4.60. The van der Waals surface area contributed by atoms with E-state index in [1.807, 2.05) is 6.92 Å². The summed E-state index contributed by atoms with van der Waals surface area (Å²) in [6.07, 6.45) is 5.83. The van der Waals surface area contributed by atoms with Crippen molar-refractivity contribution in [3.63, 3.8) is 0 Å². The molecule has 0 aliphatic heterocycles. The van der Waals surface area contributed by atoms with Crippen molar-refractivity contribution in [3.05, 3.63) is 24.0 Å². The Morgan fingerprint density at radius 2 is 2.15 bits per heavy atom. The van der Waals surface area contributed by atoms with Gasteiger partial charge in [0.25, 0.3) is 0 Å². The molecule has 2 aromatic rings. The summed E-state index contributed by atoms with van der Waals surface area (Å²) in [6.45, 7) is 4.11. The number of amides is 1. The number of aromatic nitrogens is 4. The molecule has 0 bridgehead atoms. The minimum Gasteiger partial charge on any atom is -0.489 e. The lowest BCUT2D eigenvalue weighted by molar-refractivity contribution is -0.143. The maximum Gasteiger partial charge on any atom is 0.410 e. The first-order chi connectivity index (χ1) is 16.3. The van der Waals surface area contributed by atoms with Crippen LogP contribution in [0.25, 0.3) is 11.4 Å². The number of carboxylic acids is 1. The normalized spacial score (nSPS) is 18.8. The quantitative estimate of drug-likeness (QED) is 0.320. The number of ether oxygens (including phenoxy) is 2. The zero-order chi connectivity index (χ0) is 24.7. The van der Waals surface area contributed by atoms with Gasteiger partial charge in [-0.05, 0) is 51.2 Å². The molecule has 1 fully saturated rings. The van der Waals surface area contributed by atoms with E-state index in [1.54, 1.807) is 35.0 Å². The van der Waals surface area contributed by atoms with E-state index >= 15 is 0 Å². The van der Waals surface area contributed by atoms with Crippen LogP contribution in [-0.2, 0) is 20.7 Å². The van der Waals surface area contributed by atoms with Crippen LogP contribution < -0.4 is 4.74 Å². The van der Waals surface area contributed by atoms with Gasteiger partial charge in [-0.1, -0.05) is 41.1 Å². The number of hydrogen-bond donors (Lipinski definition) is 1. The van der Waals surface area contributed by atoms with Crippen LogP contribution in [-0.4, -0.2) is 61.2 Å². The van der Waals surface area contributed by atoms with Crippen molar-refractivity contribution in [2.45, 2.75) is 75.7 Å². The number of nitrogens with zero attached hydrogens (tertiary/aromatic N) is 5. The Kier molecular flexibility index (Phi) is 9.48. The topological polar surface area (TPSA) is 120 Å². The van der Waals surface area contributed by atoms with Crippen molar-refractivity contribution in [2.75, 3.05) is 7.05 Å². The number of rotatable bonds is 10. The third-order valence-corrected chi connectivity index (χ3v) is 6.84. The fourth-order valence-electron chi connectivity index (χ4n) is 4.05. The Balaban J connectivity index is 1.67. The third kappa shape index (κ3) is 6.57. The van der Waals surface area contributed by atoms with Crippen molar-refractivity contribution in [3.8, 4) is 17.1 Å². The van der Waals surface area contributed by atoms with E-state index < -0.39 is 12.1 Å². The average Bonchev–Trinajstić information content (AvgIpc) is 3.25. The molecule has 186 valence electrons. The zero-order valence-corrected chi connectivity index (χ0v) is 22.0. The van der Waals surface area contributed by atoms with Gasteiger partial charge in [-0.15, -0.1) is 5.10 Å². The van der Waals surface area contributed by atoms with E-state index in [2.05, 4.69) is 44.8 Å². The molecule has 2 aromatic heterocycles. The number of pyridine rings is 1. The molecular formula is C23H32IN5O5. The van der Waals surface area contributed by atoms with Gasteiger partial charge in [0.2, 0.25) is 0 Å². The number of halogens is 1. The summed E-state index contributed by atoms with van der Waals surface area (Å²) >= 11 is 2.17. The molecule has 34 heavy (non-hydrogen) atoms. The molecule has 0 radical (unpaired) electrons. The van der Waals surface area contributed by atoms with Crippen molar-refractivity contribution in [2.24, 2.45) is 5.92 Å². The largest absolute Gasteiger partial charge is 0.489 e. The smallest absolute Gasteiger partial charge is 0.410 e. The molecule has 1 saturated carbocycles. The van der Waals surface area contributed by atoms with Crippen molar-refractivity contribution in [1.29, 1.82) is 0 Å². The second kappa shape index (κ2) is 12.3. The number of alkyl halides is 1. The van der Waals surface area contributed by atoms with Crippen LogP contribution in [0.3, 0.4) is 0 Å². The van der Waals surface area contributed by atoms with E-state index in [-0.39, 0.29) is 24.7 Å². The first-order valence-electron chi connectivity index (χ1n) is 11.6. The Morgan fingerprint density at radius 1 is 1.35 bits per heavy atom. The molecule has 0 spiro atoms. The molecule has 3 atom stereocenters. The minimum atomic E-state index is -0.764. The summed E-state index contributed by atoms with van der Waals surface area (Å²) in [5.74, 6) is -0.538. The molecule has 1 N–H and O–H groups in total. The van der Waals surface area contributed by atoms with Gasteiger partial charge in [-0.2, -0.15) is 0 Å². The van der Waals surface area contributed by atoms with Gasteiger partial charge < -0.3 is 19.5 Å². The summed E-state index contributed by atoms with van der Waals surface area (Å²) in [5.41, 5.74) is 1.80. The first kappa shape index (κ1) is 26.2. The van der Waals surface area contributed by atoms with Crippen molar-refractivity contribution >= 4 is 34.7 Å². The molecule has 0 saturated heterocycles. The van der Waals surface area contributed by atoms with Crippen LogP contribution in [0.1, 0.15) is 58.1 Å². The average molecular weight is 585 g/mol. The van der Waals surface area contributed by atoms with E-state index in [0.29, 0.717) is 40.2 Å². The highest BCUT2D eigenvalue weighted by atomic mass is 127. The Bertz CT molecular complexity index is 967. The van der Waals surface area contributed by atoms with Crippen LogP contribution >= 0.6 is 22.6 Å². The number of hydrogen-bond acceptors (Lipinski definition) is 7. The molecule has 3 rings (SSSR count). The highest BCUT2D eigenvalue weighted by Gasteiger charge is 2.28. The van der Waals surface area contributed by atoms with Crippen LogP contribution in [0, 0.1) is 5.92 Å². The Labute approximate surface area is 213 Å². The Morgan fingerprint density at radius 3 is 2.79 bits per heavy atom. The van der Waals surface area contributed by atoms with Crippen LogP contribution in [0.4, 0.5) is 4.79 Å².